The van der Waals surface area contributed by atoms with Crippen LogP contribution in [0.15, 0.2) is 48.5 Å². The predicted octanol–water partition coefficient (Wildman–Crippen LogP) is 3.39. The molecular formula is C20H22N2O3. The summed E-state index contributed by atoms with van der Waals surface area (Å²) in [6.45, 7) is -0.00649. The van der Waals surface area contributed by atoms with Gasteiger partial charge in [-0.15, -0.1) is 0 Å². The molecule has 1 heterocycles. The van der Waals surface area contributed by atoms with E-state index in [0.717, 1.165) is 19.3 Å². The molecule has 130 valence electrons. The number of likely N-dealkylation sites (N-methyl/N-ethyl adjacent to an activating group) is 1. The molecule has 0 unspecified atom stereocenters. The molecule has 0 atom stereocenters. The summed E-state index contributed by atoms with van der Waals surface area (Å²) >= 11 is 0. The number of carbonyl (C=O) groups is 2. The first kappa shape index (κ1) is 17.0. The number of aryl methyl sites for hydroxylation is 1. The molecule has 0 spiro atoms. The highest BCUT2D eigenvalue weighted by atomic mass is 16.5. The van der Waals surface area contributed by atoms with E-state index < -0.39 is 0 Å². The lowest BCUT2D eigenvalue weighted by Gasteiger charge is -2.27. The first-order chi connectivity index (χ1) is 12.1. The van der Waals surface area contributed by atoms with Crippen molar-refractivity contribution in [1.29, 1.82) is 0 Å². The first-order valence-corrected chi connectivity index (χ1v) is 8.51. The Kier molecular flexibility index (Phi) is 5.33. The highest BCUT2D eigenvalue weighted by molar-refractivity contribution is 6.01. The summed E-state index contributed by atoms with van der Waals surface area (Å²) in [5.74, 6) is 0.420. The number of unbranched alkanes of at least 4 members (excludes halogenated alkanes) is 1. The van der Waals surface area contributed by atoms with Crippen LogP contribution < -0.4 is 15.0 Å². The van der Waals surface area contributed by atoms with Crippen LogP contribution in [0.4, 0.5) is 11.4 Å². The van der Waals surface area contributed by atoms with Gasteiger partial charge in [0.1, 0.15) is 0 Å². The maximum absolute atomic E-state index is 12.2. The molecule has 0 aliphatic carbocycles. The van der Waals surface area contributed by atoms with Crippen LogP contribution in [0.25, 0.3) is 0 Å². The van der Waals surface area contributed by atoms with Crippen molar-refractivity contribution in [3.8, 4) is 5.75 Å². The van der Waals surface area contributed by atoms with Crippen LogP contribution in [0.1, 0.15) is 24.8 Å². The molecule has 0 saturated heterocycles. The number of amides is 2. The summed E-state index contributed by atoms with van der Waals surface area (Å²) in [7, 11) is 1.71. The SMILES string of the molecule is CN1C(=O)COc2c(NC(=O)CCCCc3ccccc3)cccc21. The Morgan fingerprint density at radius 1 is 1.12 bits per heavy atom. The van der Waals surface area contributed by atoms with Gasteiger partial charge in [-0.25, -0.2) is 0 Å². The summed E-state index contributed by atoms with van der Waals surface area (Å²) < 4.78 is 5.52. The zero-order chi connectivity index (χ0) is 17.6. The van der Waals surface area contributed by atoms with Crippen molar-refractivity contribution in [3.05, 3.63) is 54.1 Å². The minimum absolute atomic E-state index is 0.00649. The summed E-state index contributed by atoms with van der Waals surface area (Å²) in [4.78, 5) is 25.5. The number of hydrogen-bond acceptors (Lipinski definition) is 3. The highest BCUT2D eigenvalue weighted by Gasteiger charge is 2.24. The molecule has 5 heteroatoms. The van der Waals surface area contributed by atoms with Gasteiger partial charge in [0, 0.05) is 13.5 Å². The van der Waals surface area contributed by atoms with Gasteiger partial charge in [-0.05, 0) is 37.0 Å². The Labute approximate surface area is 147 Å². The molecule has 5 nitrogen and oxygen atoms in total. The van der Waals surface area contributed by atoms with E-state index in [0.29, 0.717) is 23.5 Å². The number of carbonyl (C=O) groups excluding carboxylic acids is 2. The van der Waals surface area contributed by atoms with E-state index in [1.807, 2.05) is 30.3 Å². The zero-order valence-corrected chi connectivity index (χ0v) is 14.3. The van der Waals surface area contributed by atoms with Gasteiger partial charge in [-0.2, -0.15) is 0 Å². The Morgan fingerprint density at radius 3 is 2.72 bits per heavy atom. The molecule has 0 saturated carbocycles. The highest BCUT2D eigenvalue weighted by Crippen LogP contribution is 2.38. The number of hydrogen-bond donors (Lipinski definition) is 1. The second-order valence-corrected chi connectivity index (χ2v) is 6.14. The molecule has 25 heavy (non-hydrogen) atoms. The smallest absolute Gasteiger partial charge is 0.264 e. The third kappa shape index (κ3) is 4.18. The van der Waals surface area contributed by atoms with E-state index in [1.165, 1.54) is 5.56 Å². The van der Waals surface area contributed by atoms with Crippen LogP contribution in [-0.4, -0.2) is 25.5 Å². The number of para-hydroxylation sites is 1. The minimum atomic E-state index is -0.100. The van der Waals surface area contributed by atoms with Crippen LogP contribution in [0.2, 0.25) is 0 Å². The van der Waals surface area contributed by atoms with Gasteiger partial charge in [0.25, 0.3) is 5.91 Å². The molecule has 2 aromatic rings. The molecule has 0 radical (unpaired) electrons. The van der Waals surface area contributed by atoms with Crippen LogP contribution >= 0.6 is 0 Å². The average Bonchev–Trinajstić information content (AvgIpc) is 2.63. The van der Waals surface area contributed by atoms with E-state index in [9.17, 15) is 9.59 Å². The van der Waals surface area contributed by atoms with Gasteiger partial charge in [0.05, 0.1) is 11.4 Å². The van der Waals surface area contributed by atoms with E-state index >= 15 is 0 Å². The van der Waals surface area contributed by atoms with Gasteiger partial charge < -0.3 is 15.0 Å². The molecule has 1 aliphatic rings. The number of nitrogens with one attached hydrogen (secondary N) is 1. The molecule has 2 aromatic carbocycles. The maximum atomic E-state index is 12.2. The zero-order valence-electron chi connectivity index (χ0n) is 14.3. The summed E-state index contributed by atoms with van der Waals surface area (Å²) in [6.07, 6.45) is 3.24. The van der Waals surface area contributed by atoms with Crippen LogP contribution in [0.3, 0.4) is 0 Å². The van der Waals surface area contributed by atoms with Crippen molar-refractivity contribution in [2.75, 3.05) is 23.9 Å². The average molecular weight is 338 g/mol. The van der Waals surface area contributed by atoms with Crippen LogP contribution in [0, 0.1) is 0 Å². The summed E-state index contributed by atoms with van der Waals surface area (Å²) in [5.41, 5.74) is 2.59. The minimum Gasteiger partial charge on any atom is -0.479 e. The van der Waals surface area contributed by atoms with Crippen molar-refractivity contribution in [2.45, 2.75) is 25.7 Å². The fourth-order valence-electron chi connectivity index (χ4n) is 2.88. The normalized spacial score (nSPS) is 13.2. The Morgan fingerprint density at radius 2 is 1.92 bits per heavy atom. The fourth-order valence-corrected chi connectivity index (χ4v) is 2.88. The second kappa shape index (κ2) is 7.83. The molecule has 3 rings (SSSR count). The molecule has 0 aromatic heterocycles. The second-order valence-electron chi connectivity index (χ2n) is 6.14. The van der Waals surface area contributed by atoms with Crippen molar-refractivity contribution in [1.82, 2.24) is 0 Å². The maximum Gasteiger partial charge on any atom is 0.264 e. The summed E-state index contributed by atoms with van der Waals surface area (Å²) in [5, 5.41) is 2.90. The Hall–Kier alpha value is -2.82. The molecule has 0 fully saturated rings. The van der Waals surface area contributed by atoms with Crippen LogP contribution in [0.5, 0.6) is 5.75 Å². The van der Waals surface area contributed by atoms with Gasteiger partial charge in [-0.3, -0.25) is 9.59 Å². The fraction of sp³-hybridized carbons (Fsp3) is 0.300. The van der Waals surface area contributed by atoms with Crippen molar-refractivity contribution in [3.63, 3.8) is 0 Å². The van der Waals surface area contributed by atoms with Gasteiger partial charge in [0.2, 0.25) is 5.91 Å². The Bertz CT molecular complexity index is 759. The number of ether oxygens (including phenoxy) is 1. The van der Waals surface area contributed by atoms with E-state index in [2.05, 4.69) is 17.4 Å². The third-order valence-corrected chi connectivity index (χ3v) is 4.31. The number of benzene rings is 2. The quantitative estimate of drug-likeness (QED) is 0.821. The lowest BCUT2D eigenvalue weighted by molar-refractivity contribution is -0.121. The molecule has 1 aliphatic heterocycles. The van der Waals surface area contributed by atoms with E-state index in [4.69, 9.17) is 4.74 Å². The molecule has 0 bridgehead atoms. The largest absolute Gasteiger partial charge is 0.479 e. The molecule has 1 N–H and O–H groups in total. The number of nitrogens with zero attached hydrogens (tertiary/aromatic N) is 1. The standard InChI is InChI=1S/C20H22N2O3/c1-22-17-12-7-11-16(20(17)25-14-19(22)24)21-18(23)13-6-5-10-15-8-3-2-4-9-15/h2-4,7-9,11-12H,5-6,10,13-14H2,1H3,(H,21,23). The lowest BCUT2D eigenvalue weighted by atomic mass is 10.1. The topological polar surface area (TPSA) is 58.6 Å². The van der Waals surface area contributed by atoms with Crippen LogP contribution in [-0.2, 0) is 16.0 Å². The Balaban J connectivity index is 1.52. The van der Waals surface area contributed by atoms with Crippen molar-refractivity contribution in [2.24, 2.45) is 0 Å². The number of anilines is 2. The van der Waals surface area contributed by atoms with Gasteiger partial charge in [-0.1, -0.05) is 36.4 Å². The monoisotopic (exact) mass is 338 g/mol. The van der Waals surface area contributed by atoms with Crippen molar-refractivity contribution < 1.29 is 14.3 Å². The molecular weight excluding hydrogens is 316 g/mol. The number of fused-ring (bicyclic) bond motifs is 1. The van der Waals surface area contributed by atoms with Gasteiger partial charge >= 0.3 is 0 Å². The number of rotatable bonds is 6. The first-order valence-electron chi connectivity index (χ1n) is 8.51. The van der Waals surface area contributed by atoms with E-state index in [-0.39, 0.29) is 18.4 Å². The third-order valence-electron chi connectivity index (χ3n) is 4.31. The lowest BCUT2D eigenvalue weighted by Crippen LogP contribution is -2.35. The summed E-state index contributed by atoms with van der Waals surface area (Å²) in [6, 6.07) is 15.7. The van der Waals surface area contributed by atoms with Gasteiger partial charge in [0.15, 0.2) is 12.4 Å². The van der Waals surface area contributed by atoms with Crippen molar-refractivity contribution >= 4 is 23.2 Å². The van der Waals surface area contributed by atoms with E-state index in [1.54, 1.807) is 18.0 Å². The predicted molar refractivity (Wildman–Crippen MR) is 98.0 cm³/mol. The molecule has 2 amide bonds.